The zero-order valence-corrected chi connectivity index (χ0v) is 21.8. The smallest absolute Gasteiger partial charge is 0.251 e. The van der Waals surface area contributed by atoms with Crippen LogP contribution in [0.5, 0.6) is 0 Å². The van der Waals surface area contributed by atoms with Crippen molar-refractivity contribution in [2.75, 3.05) is 10.6 Å². The minimum absolute atomic E-state index is 0.0947. The van der Waals surface area contributed by atoms with E-state index in [0.717, 1.165) is 5.56 Å². The van der Waals surface area contributed by atoms with Crippen molar-refractivity contribution in [3.63, 3.8) is 0 Å². The fraction of sp³-hybridized carbons (Fsp3) is 0.407. The Hall–Kier alpha value is -3.72. The van der Waals surface area contributed by atoms with Crippen LogP contribution in [0.15, 0.2) is 48.5 Å². The molecule has 2 atom stereocenters. The second kappa shape index (κ2) is 15.3. The molecule has 0 aliphatic carbocycles. The lowest BCUT2D eigenvalue weighted by atomic mass is 10.0. The Balaban J connectivity index is 0.00000316. The maximum atomic E-state index is 12.8. The Bertz CT molecular complexity index is 1000. The van der Waals surface area contributed by atoms with Gasteiger partial charge >= 0.3 is 0 Å². The van der Waals surface area contributed by atoms with Gasteiger partial charge in [-0.05, 0) is 54.8 Å². The highest BCUT2D eigenvalue weighted by Gasteiger charge is 2.27. The number of anilines is 2. The molecule has 196 valence electrons. The van der Waals surface area contributed by atoms with Crippen LogP contribution < -0.4 is 21.3 Å². The van der Waals surface area contributed by atoms with Crippen molar-refractivity contribution >= 4 is 35.0 Å². The van der Waals surface area contributed by atoms with Gasteiger partial charge in [0.2, 0.25) is 17.7 Å². The van der Waals surface area contributed by atoms with E-state index in [9.17, 15) is 19.2 Å². The minimum atomic E-state index is -0.856. The molecule has 36 heavy (non-hydrogen) atoms. The lowest BCUT2D eigenvalue weighted by Crippen LogP contribution is -2.53. The monoisotopic (exact) mass is 498 g/mol. The highest BCUT2D eigenvalue weighted by atomic mass is 16.3. The van der Waals surface area contributed by atoms with Crippen LogP contribution in [0.3, 0.4) is 0 Å². The minimum Gasteiger partial charge on any atom is -0.392 e. The summed E-state index contributed by atoms with van der Waals surface area (Å²) in [6.45, 7) is 10.8. The summed E-state index contributed by atoms with van der Waals surface area (Å²) >= 11 is 0. The van der Waals surface area contributed by atoms with E-state index in [4.69, 9.17) is 5.11 Å². The SMILES string of the molecule is CC.CCC(=O)Nc1ccc(C(=O)N[C@H](C(=O)NC(C)C(=O)Nc2ccc(CO)cc2)C(C)C)cc1. The largest absolute Gasteiger partial charge is 0.392 e. The van der Waals surface area contributed by atoms with Crippen LogP contribution >= 0.6 is 0 Å². The molecule has 0 saturated carbocycles. The molecule has 9 nitrogen and oxygen atoms in total. The van der Waals surface area contributed by atoms with Crippen LogP contribution in [0.1, 0.15) is 63.9 Å². The number of hydrogen-bond donors (Lipinski definition) is 5. The quantitative estimate of drug-likeness (QED) is 0.342. The van der Waals surface area contributed by atoms with E-state index in [0.29, 0.717) is 23.4 Å². The van der Waals surface area contributed by atoms with E-state index < -0.39 is 29.8 Å². The molecule has 0 fully saturated rings. The van der Waals surface area contributed by atoms with Gasteiger partial charge in [-0.2, -0.15) is 0 Å². The third-order valence-corrected chi connectivity index (χ3v) is 5.14. The van der Waals surface area contributed by atoms with Gasteiger partial charge in [-0.3, -0.25) is 19.2 Å². The Kier molecular flexibility index (Phi) is 12.9. The standard InChI is InChI=1S/C25H32N4O5.C2H6/c1-5-21(31)27-19-12-8-18(9-13-19)24(33)29-22(15(2)3)25(34)26-16(4)23(32)28-20-10-6-17(14-30)7-11-20;1-2/h6-13,15-16,22,30H,5,14H2,1-4H3,(H,26,34)(H,27,31)(H,28,32)(H,29,33);1-2H3/t16?,22-;/m0./s1. The van der Waals surface area contributed by atoms with Crippen LogP contribution in [0.2, 0.25) is 0 Å². The van der Waals surface area contributed by atoms with Crippen LogP contribution in [-0.2, 0) is 21.0 Å². The molecule has 5 N–H and O–H groups in total. The summed E-state index contributed by atoms with van der Waals surface area (Å²) in [6, 6.07) is 11.4. The number of hydrogen-bond acceptors (Lipinski definition) is 5. The normalized spacial score (nSPS) is 11.9. The molecule has 1 unspecified atom stereocenters. The Morgan fingerprint density at radius 3 is 1.81 bits per heavy atom. The van der Waals surface area contributed by atoms with E-state index in [1.165, 1.54) is 0 Å². The summed E-state index contributed by atoms with van der Waals surface area (Å²) in [5, 5.41) is 19.9. The second-order valence-electron chi connectivity index (χ2n) is 8.25. The lowest BCUT2D eigenvalue weighted by Gasteiger charge is -2.24. The zero-order chi connectivity index (χ0) is 27.3. The molecule has 0 saturated heterocycles. The van der Waals surface area contributed by atoms with Crippen LogP contribution in [-0.4, -0.2) is 40.8 Å². The first kappa shape index (κ1) is 30.3. The van der Waals surface area contributed by atoms with Crippen LogP contribution in [0.25, 0.3) is 0 Å². The van der Waals surface area contributed by atoms with Gasteiger partial charge < -0.3 is 26.4 Å². The van der Waals surface area contributed by atoms with Crippen molar-refractivity contribution in [3.8, 4) is 0 Å². The molecular formula is C27H38N4O5. The van der Waals surface area contributed by atoms with Gasteiger partial charge in [0.15, 0.2) is 0 Å². The number of amides is 4. The molecule has 2 rings (SSSR count). The predicted octanol–water partition coefficient (Wildman–Crippen LogP) is 3.45. The lowest BCUT2D eigenvalue weighted by molar-refractivity contribution is -0.128. The third kappa shape index (κ3) is 9.50. The summed E-state index contributed by atoms with van der Waals surface area (Å²) in [4.78, 5) is 49.5. The molecule has 0 bridgehead atoms. The van der Waals surface area contributed by atoms with E-state index in [1.54, 1.807) is 76.2 Å². The van der Waals surface area contributed by atoms with Crippen molar-refractivity contribution in [1.82, 2.24) is 10.6 Å². The highest BCUT2D eigenvalue weighted by molar-refractivity contribution is 6.00. The van der Waals surface area contributed by atoms with Crippen molar-refractivity contribution in [2.45, 2.75) is 66.7 Å². The van der Waals surface area contributed by atoms with Gasteiger partial charge in [-0.1, -0.05) is 46.8 Å². The molecule has 0 spiro atoms. The van der Waals surface area contributed by atoms with Crippen molar-refractivity contribution in [2.24, 2.45) is 5.92 Å². The van der Waals surface area contributed by atoms with Crippen LogP contribution in [0.4, 0.5) is 11.4 Å². The van der Waals surface area contributed by atoms with E-state index in [1.807, 2.05) is 13.8 Å². The van der Waals surface area contributed by atoms with Gasteiger partial charge in [0.05, 0.1) is 6.61 Å². The summed E-state index contributed by atoms with van der Waals surface area (Å²) in [5.41, 5.74) is 2.17. The van der Waals surface area contributed by atoms with Gasteiger partial charge in [0.25, 0.3) is 5.91 Å². The van der Waals surface area contributed by atoms with Crippen molar-refractivity contribution in [3.05, 3.63) is 59.7 Å². The average Bonchev–Trinajstić information content (AvgIpc) is 2.88. The molecule has 2 aromatic carbocycles. The number of nitrogens with one attached hydrogen (secondary N) is 4. The Labute approximate surface area is 213 Å². The molecule has 0 heterocycles. The maximum absolute atomic E-state index is 12.8. The summed E-state index contributed by atoms with van der Waals surface area (Å²) < 4.78 is 0. The van der Waals surface area contributed by atoms with E-state index in [2.05, 4.69) is 21.3 Å². The molecule has 2 aromatic rings. The molecule has 0 aliphatic rings. The first-order chi connectivity index (χ1) is 17.1. The van der Waals surface area contributed by atoms with Crippen LogP contribution in [0, 0.1) is 5.92 Å². The Morgan fingerprint density at radius 1 is 0.778 bits per heavy atom. The second-order valence-corrected chi connectivity index (χ2v) is 8.25. The molecule has 0 aromatic heterocycles. The number of aliphatic hydroxyl groups is 1. The van der Waals surface area contributed by atoms with Gasteiger partial charge in [0, 0.05) is 23.4 Å². The van der Waals surface area contributed by atoms with Gasteiger partial charge in [0.1, 0.15) is 12.1 Å². The first-order valence-electron chi connectivity index (χ1n) is 12.2. The molecule has 9 heteroatoms. The van der Waals surface area contributed by atoms with Crippen molar-refractivity contribution < 1.29 is 24.3 Å². The number of aliphatic hydroxyl groups excluding tert-OH is 1. The van der Waals surface area contributed by atoms with Gasteiger partial charge in [-0.15, -0.1) is 0 Å². The predicted molar refractivity (Wildman–Crippen MR) is 141 cm³/mol. The average molecular weight is 499 g/mol. The summed E-state index contributed by atoms with van der Waals surface area (Å²) in [6.07, 6.45) is 0.347. The highest BCUT2D eigenvalue weighted by Crippen LogP contribution is 2.12. The van der Waals surface area contributed by atoms with Gasteiger partial charge in [-0.25, -0.2) is 0 Å². The number of rotatable bonds is 10. The number of benzene rings is 2. The molecular weight excluding hydrogens is 460 g/mol. The summed E-state index contributed by atoms with van der Waals surface area (Å²) in [7, 11) is 0. The zero-order valence-electron chi connectivity index (χ0n) is 21.8. The molecule has 0 radical (unpaired) electrons. The number of carbonyl (C=O) groups excluding carboxylic acids is 4. The van der Waals surface area contributed by atoms with Crippen molar-refractivity contribution in [1.29, 1.82) is 0 Å². The maximum Gasteiger partial charge on any atom is 0.251 e. The fourth-order valence-electron chi connectivity index (χ4n) is 3.03. The molecule has 4 amide bonds. The topological polar surface area (TPSA) is 137 Å². The molecule has 0 aliphatic heterocycles. The third-order valence-electron chi connectivity index (χ3n) is 5.14. The first-order valence-corrected chi connectivity index (χ1v) is 12.2. The fourth-order valence-corrected chi connectivity index (χ4v) is 3.03. The number of carbonyl (C=O) groups is 4. The Morgan fingerprint density at radius 2 is 1.31 bits per heavy atom. The van der Waals surface area contributed by atoms with E-state index >= 15 is 0 Å². The van der Waals surface area contributed by atoms with E-state index in [-0.39, 0.29) is 18.4 Å². The summed E-state index contributed by atoms with van der Waals surface area (Å²) in [5.74, 6) is -1.69.